The molecule has 0 aliphatic heterocycles. The average molecular weight is 372 g/mol. The maximum Gasteiger partial charge on any atom is 0.267 e. The predicted octanol–water partition coefficient (Wildman–Crippen LogP) is 3.37. The van der Waals surface area contributed by atoms with Crippen molar-refractivity contribution in [3.63, 3.8) is 0 Å². The number of nitrogens with zero attached hydrogens (tertiary/aromatic N) is 3. The molecule has 0 unspecified atom stereocenters. The number of carbonyl (C=O) groups excluding carboxylic acids is 1. The number of carbonyl (C=O) groups is 1. The van der Waals surface area contributed by atoms with E-state index in [0.717, 1.165) is 4.68 Å². The van der Waals surface area contributed by atoms with E-state index >= 15 is 0 Å². The van der Waals surface area contributed by atoms with Gasteiger partial charge >= 0.3 is 0 Å². The van der Waals surface area contributed by atoms with Crippen LogP contribution in [0, 0.1) is 5.82 Å². The lowest BCUT2D eigenvalue weighted by Crippen LogP contribution is -2.35. The minimum absolute atomic E-state index is 0.225. The van der Waals surface area contributed by atoms with Gasteiger partial charge in [-0.25, -0.2) is 9.07 Å². The molecule has 0 fully saturated rings. The normalized spacial score (nSPS) is 10.6. The predicted molar refractivity (Wildman–Crippen MR) is 98.8 cm³/mol. The van der Waals surface area contributed by atoms with Gasteiger partial charge in [-0.2, -0.15) is 5.10 Å². The summed E-state index contributed by atoms with van der Waals surface area (Å²) in [5.74, 6) is -0.682. The monoisotopic (exact) mass is 371 g/mol. The third kappa shape index (κ3) is 3.97. The van der Waals surface area contributed by atoms with E-state index in [1.54, 1.807) is 43.4 Å². The number of halogens is 2. The maximum atomic E-state index is 13.1. The molecule has 3 aromatic rings. The lowest BCUT2D eigenvalue weighted by Gasteiger charge is -2.18. The summed E-state index contributed by atoms with van der Waals surface area (Å²) < 4.78 is 14.1. The molecule has 132 valence electrons. The second kappa shape index (κ2) is 7.49. The van der Waals surface area contributed by atoms with E-state index in [1.165, 1.54) is 29.2 Å². The van der Waals surface area contributed by atoms with Crippen molar-refractivity contribution in [2.75, 3.05) is 11.9 Å². The van der Waals surface area contributed by atoms with Crippen LogP contribution >= 0.6 is 11.6 Å². The molecule has 0 spiro atoms. The van der Waals surface area contributed by atoms with Gasteiger partial charge in [0.2, 0.25) is 5.91 Å². The molecule has 0 saturated heterocycles. The van der Waals surface area contributed by atoms with Crippen LogP contribution in [0.5, 0.6) is 0 Å². The van der Waals surface area contributed by atoms with Gasteiger partial charge in [-0.15, -0.1) is 0 Å². The molecule has 5 nitrogen and oxygen atoms in total. The van der Waals surface area contributed by atoms with Crippen LogP contribution in [0.15, 0.2) is 65.5 Å². The zero-order valence-corrected chi connectivity index (χ0v) is 14.7. The third-order valence-corrected chi connectivity index (χ3v) is 4.10. The van der Waals surface area contributed by atoms with Crippen LogP contribution in [-0.2, 0) is 11.3 Å². The number of hydrogen-bond donors (Lipinski definition) is 0. The molecule has 1 aromatic heterocycles. The Morgan fingerprint density at radius 3 is 2.58 bits per heavy atom. The van der Waals surface area contributed by atoms with E-state index in [1.807, 2.05) is 0 Å². The van der Waals surface area contributed by atoms with E-state index in [4.69, 9.17) is 11.6 Å². The van der Waals surface area contributed by atoms with Crippen molar-refractivity contribution in [3.05, 3.63) is 81.9 Å². The van der Waals surface area contributed by atoms with Crippen LogP contribution in [0.3, 0.4) is 0 Å². The number of likely N-dealkylation sites (N-methyl/N-ethyl adjacent to an activating group) is 1. The van der Waals surface area contributed by atoms with E-state index in [9.17, 15) is 14.0 Å². The number of rotatable bonds is 4. The van der Waals surface area contributed by atoms with E-state index in [2.05, 4.69) is 5.10 Å². The summed E-state index contributed by atoms with van der Waals surface area (Å²) in [7, 11) is 1.60. The average Bonchev–Trinajstić information content (AvgIpc) is 2.63. The number of hydrogen-bond acceptors (Lipinski definition) is 3. The second-order valence-electron chi connectivity index (χ2n) is 5.65. The summed E-state index contributed by atoms with van der Waals surface area (Å²) in [6.07, 6.45) is 0. The fourth-order valence-corrected chi connectivity index (χ4v) is 2.58. The van der Waals surface area contributed by atoms with Crippen LogP contribution in [0.25, 0.3) is 11.3 Å². The molecule has 0 saturated carbocycles. The van der Waals surface area contributed by atoms with Gasteiger partial charge in [0.15, 0.2) is 0 Å². The van der Waals surface area contributed by atoms with E-state index in [0.29, 0.717) is 22.0 Å². The Kier molecular flexibility index (Phi) is 5.14. The molecule has 0 aliphatic carbocycles. The SMILES string of the molecule is CN(C(=O)Cn1nc(-c2ccc(F)cc2)ccc1=O)c1cccc(Cl)c1. The second-order valence-corrected chi connectivity index (χ2v) is 6.09. The first-order valence-electron chi connectivity index (χ1n) is 7.80. The zero-order chi connectivity index (χ0) is 18.7. The van der Waals surface area contributed by atoms with Crippen LogP contribution in [-0.4, -0.2) is 22.7 Å². The van der Waals surface area contributed by atoms with Gasteiger partial charge in [-0.3, -0.25) is 9.59 Å². The minimum Gasteiger partial charge on any atom is -0.314 e. The zero-order valence-electron chi connectivity index (χ0n) is 13.9. The van der Waals surface area contributed by atoms with Crippen LogP contribution in [0.1, 0.15) is 0 Å². The Hall–Kier alpha value is -2.99. The van der Waals surface area contributed by atoms with Crippen LogP contribution < -0.4 is 10.5 Å². The van der Waals surface area contributed by atoms with E-state index < -0.39 is 5.56 Å². The lowest BCUT2D eigenvalue weighted by atomic mass is 10.1. The highest BCUT2D eigenvalue weighted by atomic mass is 35.5. The molecule has 0 radical (unpaired) electrons. The molecule has 7 heteroatoms. The van der Waals surface area contributed by atoms with Gasteiger partial charge in [0.25, 0.3) is 5.56 Å². The van der Waals surface area contributed by atoms with E-state index in [-0.39, 0.29) is 18.3 Å². The highest BCUT2D eigenvalue weighted by Gasteiger charge is 2.14. The first-order valence-corrected chi connectivity index (χ1v) is 8.18. The molecule has 0 bridgehead atoms. The minimum atomic E-state index is -0.399. The van der Waals surface area contributed by atoms with Crippen molar-refractivity contribution in [1.29, 1.82) is 0 Å². The first-order chi connectivity index (χ1) is 12.4. The lowest BCUT2D eigenvalue weighted by molar-refractivity contribution is -0.119. The summed E-state index contributed by atoms with van der Waals surface area (Å²) in [5, 5.41) is 4.72. The Balaban J connectivity index is 1.85. The summed E-state index contributed by atoms with van der Waals surface area (Å²) in [5.41, 5.74) is 1.34. The van der Waals surface area contributed by atoms with Gasteiger partial charge in [0.1, 0.15) is 12.4 Å². The fourth-order valence-electron chi connectivity index (χ4n) is 2.40. The number of aromatic nitrogens is 2. The van der Waals surface area contributed by atoms with Gasteiger partial charge in [-0.05, 0) is 48.5 Å². The third-order valence-electron chi connectivity index (χ3n) is 3.86. The first kappa shape index (κ1) is 17.8. The largest absolute Gasteiger partial charge is 0.314 e. The quantitative estimate of drug-likeness (QED) is 0.706. The Morgan fingerprint density at radius 1 is 1.15 bits per heavy atom. The molecule has 1 heterocycles. The van der Waals surface area contributed by atoms with Crippen molar-refractivity contribution < 1.29 is 9.18 Å². The summed E-state index contributed by atoms with van der Waals surface area (Å²) >= 11 is 5.95. The van der Waals surface area contributed by atoms with Crippen molar-refractivity contribution in [1.82, 2.24) is 9.78 Å². The summed E-state index contributed by atoms with van der Waals surface area (Å²) in [6, 6.07) is 15.5. The van der Waals surface area contributed by atoms with Crippen molar-refractivity contribution in [3.8, 4) is 11.3 Å². The number of amides is 1. The van der Waals surface area contributed by atoms with Crippen molar-refractivity contribution in [2.45, 2.75) is 6.54 Å². The summed E-state index contributed by atoms with van der Waals surface area (Å²) in [4.78, 5) is 26.0. The standard InChI is InChI=1S/C19H15ClFN3O2/c1-23(16-4-2-3-14(20)11-16)19(26)12-24-18(25)10-9-17(22-24)13-5-7-15(21)8-6-13/h2-11H,12H2,1H3. The number of benzene rings is 2. The molecular formula is C19H15ClFN3O2. The molecule has 26 heavy (non-hydrogen) atoms. The Morgan fingerprint density at radius 2 is 1.88 bits per heavy atom. The molecule has 0 aliphatic rings. The van der Waals surface area contributed by atoms with Gasteiger partial charge < -0.3 is 4.90 Å². The maximum absolute atomic E-state index is 13.1. The summed E-state index contributed by atoms with van der Waals surface area (Å²) in [6.45, 7) is -0.225. The van der Waals surface area contributed by atoms with Crippen LogP contribution in [0.4, 0.5) is 10.1 Å². The molecule has 3 rings (SSSR count). The topological polar surface area (TPSA) is 55.2 Å². The van der Waals surface area contributed by atoms with Gasteiger partial charge in [0, 0.05) is 29.4 Å². The van der Waals surface area contributed by atoms with Gasteiger partial charge in [0.05, 0.1) is 5.69 Å². The molecule has 2 aromatic carbocycles. The van der Waals surface area contributed by atoms with Crippen molar-refractivity contribution >= 4 is 23.2 Å². The van der Waals surface area contributed by atoms with Gasteiger partial charge in [-0.1, -0.05) is 17.7 Å². The number of anilines is 1. The Bertz CT molecular complexity index is 1000. The Labute approximate surface area is 154 Å². The smallest absolute Gasteiger partial charge is 0.267 e. The molecular weight excluding hydrogens is 357 g/mol. The highest BCUT2D eigenvalue weighted by molar-refractivity contribution is 6.30. The molecule has 1 amide bonds. The molecule has 0 N–H and O–H groups in total. The van der Waals surface area contributed by atoms with Crippen molar-refractivity contribution in [2.24, 2.45) is 0 Å². The highest BCUT2D eigenvalue weighted by Crippen LogP contribution is 2.19. The fraction of sp³-hybridized carbons (Fsp3) is 0.105. The molecule has 0 atom stereocenters. The van der Waals surface area contributed by atoms with Crippen LogP contribution in [0.2, 0.25) is 5.02 Å².